The van der Waals surface area contributed by atoms with Crippen LogP contribution >= 0.6 is 0 Å². The van der Waals surface area contributed by atoms with Crippen LogP contribution in [0.25, 0.3) is 0 Å². The molecule has 0 radical (unpaired) electrons. The molecule has 15 heavy (non-hydrogen) atoms. The van der Waals surface area contributed by atoms with E-state index in [1.54, 1.807) is 0 Å². The third kappa shape index (κ3) is 3.44. The van der Waals surface area contributed by atoms with E-state index in [2.05, 4.69) is 5.32 Å². The maximum Gasteiger partial charge on any atom is 0.305 e. The molecule has 0 spiro atoms. The Morgan fingerprint density at radius 2 is 2.20 bits per heavy atom. The van der Waals surface area contributed by atoms with E-state index in [0.717, 1.165) is 6.26 Å². The lowest BCUT2D eigenvalue weighted by Gasteiger charge is -2.36. The minimum atomic E-state index is -3.32. The number of nitrogens with one attached hydrogen (secondary N) is 1. The number of rotatable bonds is 3. The number of carboxylic acid groups (broad SMARTS) is 1. The highest BCUT2D eigenvalue weighted by Gasteiger charge is 2.33. The number of aliphatic carboxylic acids is 1. The molecule has 0 saturated carbocycles. The second-order valence-electron chi connectivity index (χ2n) is 3.89. The first kappa shape index (κ1) is 12.4. The number of sulfonamides is 1. The Bertz CT molecular complexity index is 341. The quantitative estimate of drug-likeness (QED) is 0.662. The Hall–Kier alpha value is -0.660. The van der Waals surface area contributed by atoms with Crippen molar-refractivity contribution in [3.63, 3.8) is 0 Å². The molecule has 0 aromatic heterocycles. The van der Waals surface area contributed by atoms with E-state index in [1.165, 1.54) is 4.31 Å². The highest BCUT2D eigenvalue weighted by Crippen LogP contribution is 2.14. The molecule has 0 aromatic carbocycles. The fourth-order valence-corrected chi connectivity index (χ4v) is 2.89. The number of carbonyl (C=O) groups is 1. The Morgan fingerprint density at radius 1 is 1.60 bits per heavy atom. The van der Waals surface area contributed by atoms with Crippen molar-refractivity contribution < 1.29 is 18.3 Å². The van der Waals surface area contributed by atoms with Crippen molar-refractivity contribution >= 4 is 16.0 Å². The van der Waals surface area contributed by atoms with E-state index in [-0.39, 0.29) is 12.5 Å². The topological polar surface area (TPSA) is 86.7 Å². The average Bonchev–Trinajstić information content (AvgIpc) is 2.05. The SMILES string of the molecule is C[C@@H]1CN(S(C)(=O)=O)[C@@H](CC(=O)O)CN1. The molecule has 88 valence electrons. The fraction of sp³-hybridized carbons (Fsp3) is 0.875. The molecule has 2 N–H and O–H groups in total. The third-order valence-corrected chi connectivity index (χ3v) is 3.70. The third-order valence-electron chi connectivity index (χ3n) is 2.40. The van der Waals surface area contributed by atoms with Crippen molar-refractivity contribution in [1.29, 1.82) is 0 Å². The van der Waals surface area contributed by atoms with Gasteiger partial charge in [0.2, 0.25) is 10.0 Å². The molecule has 2 atom stereocenters. The Balaban J connectivity index is 2.80. The molecule has 7 heteroatoms. The summed E-state index contributed by atoms with van der Waals surface area (Å²) in [7, 11) is -3.32. The largest absolute Gasteiger partial charge is 0.481 e. The first-order valence-corrected chi connectivity index (χ1v) is 6.57. The Labute approximate surface area is 89.3 Å². The van der Waals surface area contributed by atoms with Gasteiger partial charge >= 0.3 is 5.97 Å². The van der Waals surface area contributed by atoms with E-state index >= 15 is 0 Å². The van der Waals surface area contributed by atoms with Crippen LogP contribution in [0.1, 0.15) is 13.3 Å². The van der Waals surface area contributed by atoms with Gasteiger partial charge in [0.25, 0.3) is 0 Å². The number of carboxylic acids is 1. The average molecular weight is 236 g/mol. The smallest absolute Gasteiger partial charge is 0.305 e. The van der Waals surface area contributed by atoms with Crippen molar-refractivity contribution in [1.82, 2.24) is 9.62 Å². The van der Waals surface area contributed by atoms with E-state index < -0.39 is 22.0 Å². The predicted octanol–water partition coefficient (Wildman–Crippen LogP) is -0.917. The van der Waals surface area contributed by atoms with E-state index in [9.17, 15) is 13.2 Å². The highest BCUT2D eigenvalue weighted by atomic mass is 32.2. The molecule has 1 aliphatic rings. The molecule has 0 unspecified atom stereocenters. The van der Waals surface area contributed by atoms with E-state index in [1.807, 2.05) is 6.92 Å². The van der Waals surface area contributed by atoms with Crippen molar-refractivity contribution in [3.05, 3.63) is 0 Å². The van der Waals surface area contributed by atoms with Gasteiger partial charge in [-0.1, -0.05) is 0 Å². The lowest BCUT2D eigenvalue weighted by atomic mass is 10.1. The summed E-state index contributed by atoms with van der Waals surface area (Å²) in [6, 6.07) is -0.418. The predicted molar refractivity (Wildman–Crippen MR) is 55.1 cm³/mol. The molecule has 6 nitrogen and oxygen atoms in total. The molecular weight excluding hydrogens is 220 g/mol. The van der Waals surface area contributed by atoms with Crippen molar-refractivity contribution in [2.75, 3.05) is 19.3 Å². The molecule has 1 saturated heterocycles. The highest BCUT2D eigenvalue weighted by molar-refractivity contribution is 7.88. The number of hydrogen-bond donors (Lipinski definition) is 2. The summed E-state index contributed by atoms with van der Waals surface area (Å²) in [5, 5.41) is 11.7. The van der Waals surface area contributed by atoms with Crippen LogP contribution in [0.5, 0.6) is 0 Å². The lowest BCUT2D eigenvalue weighted by molar-refractivity contribution is -0.138. The maximum absolute atomic E-state index is 11.4. The van der Waals surface area contributed by atoms with E-state index in [0.29, 0.717) is 13.1 Å². The summed E-state index contributed by atoms with van der Waals surface area (Å²) in [6.45, 7) is 2.59. The normalized spacial score (nSPS) is 28.9. The molecular formula is C8H16N2O4S. The van der Waals surface area contributed by atoms with Crippen LogP contribution in [0, 0.1) is 0 Å². The Morgan fingerprint density at radius 3 is 2.67 bits per heavy atom. The van der Waals surface area contributed by atoms with Crippen molar-refractivity contribution in [2.24, 2.45) is 0 Å². The molecule has 1 rings (SSSR count). The van der Waals surface area contributed by atoms with Gasteiger partial charge in [-0.2, -0.15) is 4.31 Å². The van der Waals surface area contributed by atoms with Crippen molar-refractivity contribution in [2.45, 2.75) is 25.4 Å². The van der Waals surface area contributed by atoms with Crippen LogP contribution in [0.2, 0.25) is 0 Å². The zero-order chi connectivity index (χ0) is 11.6. The van der Waals surface area contributed by atoms with Gasteiger partial charge in [-0.3, -0.25) is 4.79 Å². The lowest BCUT2D eigenvalue weighted by Crippen LogP contribution is -2.57. The van der Waals surface area contributed by atoms with Gasteiger partial charge < -0.3 is 10.4 Å². The first-order valence-electron chi connectivity index (χ1n) is 4.72. The van der Waals surface area contributed by atoms with Crippen LogP contribution < -0.4 is 5.32 Å². The van der Waals surface area contributed by atoms with Gasteiger partial charge in [0.15, 0.2) is 0 Å². The standard InChI is InChI=1S/C8H16N2O4S/c1-6-5-10(15(2,13)14)7(4-9-6)3-8(11)12/h6-7,9H,3-5H2,1-2H3,(H,11,12)/t6-,7+/m1/s1. The molecule has 0 bridgehead atoms. The summed E-state index contributed by atoms with van der Waals surface area (Å²) >= 11 is 0. The molecule has 1 aliphatic heterocycles. The van der Waals surface area contributed by atoms with Gasteiger partial charge in [-0.15, -0.1) is 0 Å². The summed E-state index contributed by atoms with van der Waals surface area (Å²) in [4.78, 5) is 10.6. The second-order valence-corrected chi connectivity index (χ2v) is 5.83. The van der Waals surface area contributed by atoms with Crippen LogP contribution in [0.15, 0.2) is 0 Å². The van der Waals surface area contributed by atoms with Crippen LogP contribution in [-0.4, -0.2) is 55.2 Å². The second kappa shape index (κ2) is 4.46. The van der Waals surface area contributed by atoms with Crippen LogP contribution in [0.3, 0.4) is 0 Å². The van der Waals surface area contributed by atoms with Gasteiger partial charge in [-0.05, 0) is 6.92 Å². The van der Waals surface area contributed by atoms with Gasteiger partial charge in [0.1, 0.15) is 0 Å². The zero-order valence-electron chi connectivity index (χ0n) is 8.80. The fourth-order valence-electron chi connectivity index (χ4n) is 1.70. The van der Waals surface area contributed by atoms with Gasteiger partial charge in [-0.25, -0.2) is 8.42 Å². The molecule has 1 heterocycles. The monoisotopic (exact) mass is 236 g/mol. The summed E-state index contributed by atoms with van der Waals surface area (Å²) in [5.41, 5.74) is 0. The van der Waals surface area contributed by atoms with Gasteiger partial charge in [0, 0.05) is 25.2 Å². The number of piperazine rings is 1. The molecule has 0 amide bonds. The summed E-state index contributed by atoms with van der Waals surface area (Å²) in [6.07, 6.45) is 0.951. The molecule has 1 fully saturated rings. The number of nitrogens with zero attached hydrogens (tertiary/aromatic N) is 1. The zero-order valence-corrected chi connectivity index (χ0v) is 9.62. The summed E-state index contributed by atoms with van der Waals surface area (Å²) in [5.74, 6) is -0.981. The van der Waals surface area contributed by atoms with Crippen LogP contribution in [0.4, 0.5) is 0 Å². The van der Waals surface area contributed by atoms with E-state index in [4.69, 9.17) is 5.11 Å². The molecule has 0 aromatic rings. The van der Waals surface area contributed by atoms with Crippen molar-refractivity contribution in [3.8, 4) is 0 Å². The minimum absolute atomic E-state index is 0.0600. The summed E-state index contributed by atoms with van der Waals surface area (Å²) < 4.78 is 24.1. The maximum atomic E-state index is 11.4. The van der Waals surface area contributed by atoms with Gasteiger partial charge in [0.05, 0.1) is 12.7 Å². The minimum Gasteiger partial charge on any atom is -0.481 e. The first-order chi connectivity index (χ1) is 6.80. The van der Waals surface area contributed by atoms with Crippen LogP contribution in [-0.2, 0) is 14.8 Å². The Kier molecular flexibility index (Phi) is 3.69. The number of hydrogen-bond acceptors (Lipinski definition) is 4. The molecule has 0 aliphatic carbocycles.